The van der Waals surface area contributed by atoms with Gasteiger partial charge in [0.2, 0.25) is 0 Å². The van der Waals surface area contributed by atoms with Crippen LogP contribution in [0.15, 0.2) is 0 Å². The standard InChI is InChI=1S/C12H18O/c1-8-7-12-6-2-3-9(12)4-5-10(13)11(8)12/h8-9,11H,2-7H2,1H3/t8-,9+,11+,12-/m1/s1. The minimum atomic E-state index is 0.480. The average Bonchev–Trinajstić information content (AvgIpc) is 2.46. The van der Waals surface area contributed by atoms with E-state index in [1.54, 1.807) is 0 Å². The topological polar surface area (TPSA) is 17.1 Å². The normalized spacial score (nSPS) is 53.9. The molecule has 1 spiro atoms. The van der Waals surface area contributed by atoms with Gasteiger partial charge in [-0.2, -0.15) is 0 Å². The Kier molecular flexibility index (Phi) is 1.46. The summed E-state index contributed by atoms with van der Waals surface area (Å²) in [4.78, 5) is 11.8. The van der Waals surface area contributed by atoms with Gasteiger partial charge in [-0.1, -0.05) is 13.3 Å². The lowest BCUT2D eigenvalue weighted by atomic mass is 9.46. The van der Waals surface area contributed by atoms with Gasteiger partial charge in [0.25, 0.3) is 0 Å². The van der Waals surface area contributed by atoms with Gasteiger partial charge >= 0.3 is 0 Å². The highest BCUT2D eigenvalue weighted by atomic mass is 16.1. The Bertz CT molecular complexity index is 258. The summed E-state index contributed by atoms with van der Waals surface area (Å²) in [5.74, 6) is 2.70. The molecule has 4 atom stereocenters. The largest absolute Gasteiger partial charge is 0.299 e. The molecule has 0 radical (unpaired) electrons. The van der Waals surface area contributed by atoms with E-state index in [1.807, 2.05) is 0 Å². The van der Waals surface area contributed by atoms with Crippen molar-refractivity contribution in [3.63, 3.8) is 0 Å². The predicted molar refractivity (Wildman–Crippen MR) is 51.3 cm³/mol. The maximum absolute atomic E-state index is 11.8. The van der Waals surface area contributed by atoms with Crippen molar-refractivity contribution in [1.82, 2.24) is 0 Å². The van der Waals surface area contributed by atoms with E-state index in [2.05, 4.69) is 6.92 Å². The number of rotatable bonds is 0. The van der Waals surface area contributed by atoms with E-state index in [0.29, 0.717) is 23.0 Å². The summed E-state index contributed by atoms with van der Waals surface area (Å²) in [6, 6.07) is 0. The molecule has 1 heteroatoms. The summed E-state index contributed by atoms with van der Waals surface area (Å²) in [6.45, 7) is 2.27. The van der Waals surface area contributed by atoms with E-state index >= 15 is 0 Å². The number of hydrogen-bond donors (Lipinski definition) is 0. The first kappa shape index (κ1) is 8.02. The van der Waals surface area contributed by atoms with Gasteiger partial charge in [0.1, 0.15) is 5.78 Å². The van der Waals surface area contributed by atoms with E-state index < -0.39 is 0 Å². The van der Waals surface area contributed by atoms with Gasteiger partial charge in [-0.25, -0.2) is 0 Å². The van der Waals surface area contributed by atoms with Crippen molar-refractivity contribution in [1.29, 1.82) is 0 Å². The first-order valence-electron chi connectivity index (χ1n) is 5.77. The lowest BCUT2D eigenvalue weighted by molar-refractivity contribution is -0.154. The molecule has 3 aliphatic carbocycles. The van der Waals surface area contributed by atoms with Crippen molar-refractivity contribution in [3.05, 3.63) is 0 Å². The van der Waals surface area contributed by atoms with Crippen LogP contribution in [0, 0.1) is 23.2 Å². The predicted octanol–water partition coefficient (Wildman–Crippen LogP) is 2.79. The smallest absolute Gasteiger partial charge is 0.136 e. The molecule has 0 saturated heterocycles. The van der Waals surface area contributed by atoms with Crippen LogP contribution in [0.3, 0.4) is 0 Å². The summed E-state index contributed by atoms with van der Waals surface area (Å²) in [5, 5.41) is 0. The van der Waals surface area contributed by atoms with E-state index in [-0.39, 0.29) is 0 Å². The molecule has 13 heavy (non-hydrogen) atoms. The summed E-state index contributed by atoms with van der Waals surface area (Å²) >= 11 is 0. The molecule has 0 aromatic rings. The maximum Gasteiger partial charge on any atom is 0.136 e. The third-order valence-corrected chi connectivity index (χ3v) is 4.98. The Morgan fingerprint density at radius 1 is 1.38 bits per heavy atom. The molecule has 0 aliphatic heterocycles. The SMILES string of the molecule is C[C@@H]1C[C@]23CCC[C@H]2CCC(=O)[C@H]13. The summed E-state index contributed by atoms with van der Waals surface area (Å²) in [7, 11) is 0. The number of Topliss-reactive ketones (excluding diaryl/α,β-unsaturated/α-hetero) is 1. The van der Waals surface area contributed by atoms with E-state index in [0.717, 1.165) is 12.3 Å². The third-order valence-electron chi connectivity index (χ3n) is 4.98. The van der Waals surface area contributed by atoms with Crippen molar-refractivity contribution < 1.29 is 4.79 Å². The molecule has 0 heterocycles. The van der Waals surface area contributed by atoms with Gasteiger partial charge in [0, 0.05) is 12.3 Å². The maximum atomic E-state index is 11.8. The molecule has 3 aliphatic rings. The second-order valence-electron chi connectivity index (χ2n) is 5.49. The highest BCUT2D eigenvalue weighted by Crippen LogP contribution is 2.66. The van der Waals surface area contributed by atoms with Gasteiger partial charge in [-0.15, -0.1) is 0 Å². The zero-order valence-corrected chi connectivity index (χ0v) is 8.38. The molecule has 0 aromatic heterocycles. The fraction of sp³-hybridized carbons (Fsp3) is 0.917. The third kappa shape index (κ3) is 0.812. The molecule has 0 amide bonds. The van der Waals surface area contributed by atoms with Crippen molar-refractivity contribution >= 4 is 5.78 Å². The highest BCUT2D eigenvalue weighted by molar-refractivity contribution is 5.84. The van der Waals surface area contributed by atoms with Crippen molar-refractivity contribution in [2.45, 2.75) is 45.4 Å². The Balaban J connectivity index is 1.95. The van der Waals surface area contributed by atoms with Crippen LogP contribution in [0.25, 0.3) is 0 Å². The van der Waals surface area contributed by atoms with Crippen LogP contribution in [-0.4, -0.2) is 5.78 Å². The molecule has 72 valence electrons. The summed E-state index contributed by atoms with van der Waals surface area (Å²) in [5.41, 5.74) is 0.523. The quantitative estimate of drug-likeness (QED) is 0.557. The Morgan fingerprint density at radius 2 is 2.23 bits per heavy atom. The number of carbonyl (C=O) groups excluding carboxylic acids is 1. The monoisotopic (exact) mass is 178 g/mol. The van der Waals surface area contributed by atoms with Gasteiger partial charge in [0.15, 0.2) is 0 Å². The molecular weight excluding hydrogens is 160 g/mol. The van der Waals surface area contributed by atoms with E-state index in [1.165, 1.54) is 32.1 Å². The molecule has 0 bridgehead atoms. The van der Waals surface area contributed by atoms with Crippen LogP contribution in [0.4, 0.5) is 0 Å². The Morgan fingerprint density at radius 3 is 3.00 bits per heavy atom. The first-order valence-corrected chi connectivity index (χ1v) is 5.77. The lowest BCUT2D eigenvalue weighted by Gasteiger charge is -2.57. The summed E-state index contributed by atoms with van der Waals surface area (Å²) in [6.07, 6.45) is 7.62. The first-order chi connectivity index (χ1) is 6.24. The van der Waals surface area contributed by atoms with E-state index in [9.17, 15) is 4.79 Å². The molecule has 3 saturated carbocycles. The zero-order chi connectivity index (χ0) is 9.05. The molecular formula is C12H18O. The van der Waals surface area contributed by atoms with Gasteiger partial charge in [-0.3, -0.25) is 4.79 Å². The van der Waals surface area contributed by atoms with Crippen LogP contribution in [-0.2, 0) is 4.79 Å². The Labute approximate surface area is 79.9 Å². The number of hydrogen-bond acceptors (Lipinski definition) is 1. The molecule has 0 N–H and O–H groups in total. The zero-order valence-electron chi connectivity index (χ0n) is 8.38. The van der Waals surface area contributed by atoms with Gasteiger partial charge in [0.05, 0.1) is 0 Å². The van der Waals surface area contributed by atoms with Crippen molar-refractivity contribution in [2.75, 3.05) is 0 Å². The lowest BCUT2D eigenvalue weighted by Crippen LogP contribution is -2.55. The van der Waals surface area contributed by atoms with Crippen LogP contribution in [0.2, 0.25) is 0 Å². The second kappa shape index (κ2) is 2.37. The molecule has 3 fully saturated rings. The highest BCUT2D eigenvalue weighted by Gasteiger charge is 2.61. The van der Waals surface area contributed by atoms with Gasteiger partial charge < -0.3 is 0 Å². The molecule has 0 aromatic carbocycles. The average molecular weight is 178 g/mol. The molecule has 0 unspecified atom stereocenters. The molecule has 3 rings (SSSR count). The van der Waals surface area contributed by atoms with Crippen LogP contribution < -0.4 is 0 Å². The minimum Gasteiger partial charge on any atom is -0.299 e. The Hall–Kier alpha value is -0.330. The summed E-state index contributed by atoms with van der Waals surface area (Å²) < 4.78 is 0. The van der Waals surface area contributed by atoms with Gasteiger partial charge in [-0.05, 0) is 42.9 Å². The fourth-order valence-corrected chi connectivity index (χ4v) is 4.64. The molecule has 1 nitrogen and oxygen atoms in total. The van der Waals surface area contributed by atoms with Crippen LogP contribution in [0.5, 0.6) is 0 Å². The van der Waals surface area contributed by atoms with Crippen LogP contribution >= 0.6 is 0 Å². The van der Waals surface area contributed by atoms with Crippen LogP contribution in [0.1, 0.15) is 45.4 Å². The van der Waals surface area contributed by atoms with E-state index in [4.69, 9.17) is 0 Å². The minimum absolute atomic E-state index is 0.480. The fourth-order valence-electron chi connectivity index (χ4n) is 4.64. The second-order valence-corrected chi connectivity index (χ2v) is 5.49. The van der Waals surface area contributed by atoms with Crippen molar-refractivity contribution in [3.8, 4) is 0 Å². The number of carbonyl (C=O) groups is 1. The van der Waals surface area contributed by atoms with Crippen molar-refractivity contribution in [2.24, 2.45) is 23.2 Å². The number of ketones is 1.